The third-order valence-corrected chi connectivity index (χ3v) is 4.60. The van der Waals surface area contributed by atoms with Gasteiger partial charge in [-0.05, 0) is 29.8 Å². The van der Waals surface area contributed by atoms with E-state index in [1.54, 1.807) is 7.11 Å². The van der Waals surface area contributed by atoms with Crippen molar-refractivity contribution in [1.82, 2.24) is 5.32 Å². The molecule has 0 atom stereocenters. The molecule has 0 bridgehead atoms. The van der Waals surface area contributed by atoms with Crippen LogP contribution in [0, 0.1) is 0 Å². The van der Waals surface area contributed by atoms with Crippen molar-refractivity contribution in [2.24, 2.45) is 0 Å². The Labute approximate surface area is 167 Å². The van der Waals surface area contributed by atoms with Crippen molar-refractivity contribution in [3.05, 3.63) is 57.0 Å². The molecule has 0 heterocycles. The van der Waals surface area contributed by atoms with Gasteiger partial charge in [0.05, 0.1) is 26.9 Å². The van der Waals surface area contributed by atoms with Gasteiger partial charge in [0.1, 0.15) is 6.61 Å². The molecule has 0 unspecified atom stereocenters. The number of rotatable bonds is 11. The highest BCUT2D eigenvalue weighted by Crippen LogP contribution is 2.36. The summed E-state index contributed by atoms with van der Waals surface area (Å²) in [5.74, 6) is 1.36. The molecular weight excluding hydrogens is 422 g/mol. The first-order valence-corrected chi connectivity index (χ1v) is 9.44. The van der Waals surface area contributed by atoms with E-state index in [1.807, 2.05) is 36.4 Å². The van der Waals surface area contributed by atoms with Crippen molar-refractivity contribution in [3.8, 4) is 11.5 Å². The first-order chi connectivity index (χ1) is 12.7. The molecule has 26 heavy (non-hydrogen) atoms. The molecule has 2 aromatic carbocycles. The molecule has 0 spiro atoms. The van der Waals surface area contributed by atoms with E-state index in [1.165, 1.54) is 0 Å². The van der Waals surface area contributed by atoms with Crippen molar-refractivity contribution in [2.45, 2.75) is 13.2 Å². The highest BCUT2D eigenvalue weighted by Gasteiger charge is 2.14. The van der Waals surface area contributed by atoms with Gasteiger partial charge in [0.25, 0.3) is 0 Å². The Morgan fingerprint density at radius 1 is 1.19 bits per heavy atom. The SMILES string of the molecule is COc1ccc(Br)c(CNCCOCCO)c1OCc1cccc(Cl)c1. The zero-order valence-electron chi connectivity index (χ0n) is 14.6. The van der Waals surface area contributed by atoms with E-state index < -0.39 is 0 Å². The van der Waals surface area contributed by atoms with Gasteiger partial charge in [-0.3, -0.25) is 0 Å². The van der Waals surface area contributed by atoms with Crippen LogP contribution in [0.15, 0.2) is 40.9 Å². The molecule has 0 aromatic heterocycles. The average Bonchev–Trinajstić information content (AvgIpc) is 2.64. The number of aliphatic hydroxyl groups excluding tert-OH is 1. The third-order valence-electron chi connectivity index (χ3n) is 3.62. The molecule has 0 aliphatic heterocycles. The minimum absolute atomic E-state index is 0.0307. The van der Waals surface area contributed by atoms with Crippen LogP contribution in [0.25, 0.3) is 0 Å². The van der Waals surface area contributed by atoms with Crippen LogP contribution in [0.1, 0.15) is 11.1 Å². The molecule has 2 N–H and O–H groups in total. The number of hydrogen-bond donors (Lipinski definition) is 2. The van der Waals surface area contributed by atoms with Gasteiger partial charge in [-0.2, -0.15) is 0 Å². The molecule has 2 aromatic rings. The fourth-order valence-corrected chi connectivity index (χ4v) is 3.04. The molecule has 142 valence electrons. The van der Waals surface area contributed by atoms with E-state index >= 15 is 0 Å². The standard InChI is InChI=1S/C19H23BrClNO4/c1-24-18-6-5-17(20)16(12-22-7-9-25-10-8-23)19(18)26-13-14-3-2-4-15(21)11-14/h2-6,11,22-23H,7-10,12-13H2,1H3. The lowest BCUT2D eigenvalue weighted by Gasteiger charge is -2.17. The van der Waals surface area contributed by atoms with Crippen LogP contribution in [-0.2, 0) is 17.9 Å². The predicted molar refractivity (Wildman–Crippen MR) is 106 cm³/mol. The number of ether oxygens (including phenoxy) is 3. The lowest BCUT2D eigenvalue weighted by molar-refractivity contribution is 0.0937. The van der Waals surface area contributed by atoms with Gasteiger partial charge in [-0.25, -0.2) is 0 Å². The Balaban J connectivity index is 2.06. The van der Waals surface area contributed by atoms with Crippen molar-refractivity contribution < 1.29 is 19.3 Å². The number of hydrogen-bond acceptors (Lipinski definition) is 5. The Bertz CT molecular complexity index is 699. The predicted octanol–water partition coefficient (Wildman–Crippen LogP) is 3.79. The molecule has 0 fully saturated rings. The molecule has 0 amide bonds. The summed E-state index contributed by atoms with van der Waals surface area (Å²) in [6.07, 6.45) is 0. The molecule has 2 rings (SSSR count). The molecule has 7 heteroatoms. The van der Waals surface area contributed by atoms with Crippen molar-refractivity contribution in [1.29, 1.82) is 0 Å². The van der Waals surface area contributed by atoms with Gasteiger partial charge >= 0.3 is 0 Å². The van der Waals surface area contributed by atoms with Crippen LogP contribution in [0.4, 0.5) is 0 Å². The minimum atomic E-state index is 0.0307. The number of methoxy groups -OCH3 is 1. The molecule has 0 aliphatic carbocycles. The molecule has 0 radical (unpaired) electrons. The summed E-state index contributed by atoms with van der Waals surface area (Å²) in [6.45, 7) is 2.55. The Morgan fingerprint density at radius 2 is 2.04 bits per heavy atom. The fourth-order valence-electron chi connectivity index (χ4n) is 2.37. The Kier molecular flexibility index (Phi) is 9.22. The van der Waals surface area contributed by atoms with E-state index in [9.17, 15) is 0 Å². The van der Waals surface area contributed by atoms with E-state index in [0.29, 0.717) is 49.4 Å². The molecule has 0 aliphatic rings. The van der Waals surface area contributed by atoms with Crippen LogP contribution < -0.4 is 14.8 Å². The van der Waals surface area contributed by atoms with E-state index in [2.05, 4.69) is 21.2 Å². The molecule has 0 saturated carbocycles. The summed E-state index contributed by atoms with van der Waals surface area (Å²) in [6, 6.07) is 11.4. The zero-order chi connectivity index (χ0) is 18.8. The van der Waals surface area contributed by atoms with Gasteiger partial charge in [-0.1, -0.05) is 39.7 Å². The van der Waals surface area contributed by atoms with Gasteiger partial charge in [0.15, 0.2) is 11.5 Å². The maximum atomic E-state index is 8.71. The number of benzene rings is 2. The monoisotopic (exact) mass is 443 g/mol. The van der Waals surface area contributed by atoms with Crippen LogP contribution in [0.2, 0.25) is 5.02 Å². The normalized spacial score (nSPS) is 10.8. The molecular formula is C19H23BrClNO4. The summed E-state index contributed by atoms with van der Waals surface area (Å²) < 4.78 is 17.7. The number of nitrogens with one attached hydrogen (secondary N) is 1. The second-order valence-electron chi connectivity index (χ2n) is 5.49. The summed E-state index contributed by atoms with van der Waals surface area (Å²) in [4.78, 5) is 0. The maximum Gasteiger partial charge on any atom is 0.167 e. The third kappa shape index (κ3) is 6.45. The van der Waals surface area contributed by atoms with Crippen LogP contribution in [0.3, 0.4) is 0 Å². The lowest BCUT2D eigenvalue weighted by atomic mass is 10.1. The quantitative estimate of drug-likeness (QED) is 0.516. The smallest absolute Gasteiger partial charge is 0.167 e. The van der Waals surface area contributed by atoms with Gasteiger partial charge < -0.3 is 24.6 Å². The minimum Gasteiger partial charge on any atom is -0.493 e. The van der Waals surface area contributed by atoms with Gasteiger partial charge in [0, 0.05) is 28.1 Å². The van der Waals surface area contributed by atoms with Crippen LogP contribution >= 0.6 is 27.5 Å². The number of halogens is 2. The Morgan fingerprint density at radius 3 is 2.77 bits per heavy atom. The lowest BCUT2D eigenvalue weighted by Crippen LogP contribution is -2.20. The van der Waals surface area contributed by atoms with E-state index in [0.717, 1.165) is 15.6 Å². The molecule has 5 nitrogen and oxygen atoms in total. The van der Waals surface area contributed by atoms with E-state index in [-0.39, 0.29) is 6.61 Å². The highest BCUT2D eigenvalue weighted by atomic mass is 79.9. The summed E-state index contributed by atoms with van der Waals surface area (Å²) in [5.41, 5.74) is 1.95. The van der Waals surface area contributed by atoms with Crippen molar-refractivity contribution >= 4 is 27.5 Å². The number of aliphatic hydroxyl groups is 1. The second-order valence-corrected chi connectivity index (χ2v) is 6.78. The molecule has 0 saturated heterocycles. The summed E-state index contributed by atoms with van der Waals surface area (Å²) >= 11 is 9.62. The van der Waals surface area contributed by atoms with Gasteiger partial charge in [-0.15, -0.1) is 0 Å². The van der Waals surface area contributed by atoms with Crippen LogP contribution in [-0.4, -0.2) is 38.6 Å². The maximum absolute atomic E-state index is 8.71. The first kappa shape index (κ1) is 21.0. The topological polar surface area (TPSA) is 60.0 Å². The van der Waals surface area contributed by atoms with E-state index in [4.69, 9.17) is 30.9 Å². The van der Waals surface area contributed by atoms with Crippen LogP contribution in [0.5, 0.6) is 11.5 Å². The Hall–Kier alpha value is -1.31. The average molecular weight is 445 g/mol. The zero-order valence-corrected chi connectivity index (χ0v) is 17.0. The van der Waals surface area contributed by atoms with Crippen molar-refractivity contribution in [2.75, 3.05) is 33.5 Å². The fraction of sp³-hybridized carbons (Fsp3) is 0.368. The van der Waals surface area contributed by atoms with Crippen molar-refractivity contribution in [3.63, 3.8) is 0 Å². The first-order valence-electron chi connectivity index (χ1n) is 8.27. The summed E-state index contributed by atoms with van der Waals surface area (Å²) in [7, 11) is 1.62. The largest absolute Gasteiger partial charge is 0.493 e. The van der Waals surface area contributed by atoms with Gasteiger partial charge in [0.2, 0.25) is 0 Å². The highest BCUT2D eigenvalue weighted by molar-refractivity contribution is 9.10. The summed E-state index contributed by atoms with van der Waals surface area (Å²) in [5, 5.41) is 12.7. The second kappa shape index (κ2) is 11.4.